The highest BCUT2D eigenvalue weighted by molar-refractivity contribution is 5.92. The molecule has 0 spiro atoms. The topological polar surface area (TPSA) is 87.1 Å². The number of rotatable bonds is 7. The standard InChI is InChI=1S/C29H27NO6/c1-33-26-11-7-18(14-24(26)29(32)34-2)13-20-16-36-27-12-10-22(15-23(27)28(20)31)35-17-21-9-8-19-5-3-4-6-25(19)30-21/h3-12,14-15,20,28,31H,13,16-17H2,1-2H3/t20-,28-/m0/s1. The van der Waals surface area contributed by atoms with E-state index in [-0.39, 0.29) is 5.92 Å². The van der Waals surface area contributed by atoms with E-state index in [2.05, 4.69) is 4.98 Å². The second-order valence-electron chi connectivity index (χ2n) is 8.73. The van der Waals surface area contributed by atoms with Crippen LogP contribution in [0, 0.1) is 5.92 Å². The Morgan fingerprint density at radius 2 is 1.92 bits per heavy atom. The molecule has 3 aromatic carbocycles. The largest absolute Gasteiger partial charge is 0.496 e. The molecular weight excluding hydrogens is 458 g/mol. The summed E-state index contributed by atoms with van der Waals surface area (Å²) in [7, 11) is 2.84. The number of hydrogen-bond donors (Lipinski definition) is 1. The first kappa shape index (κ1) is 23.6. The zero-order valence-electron chi connectivity index (χ0n) is 20.1. The second-order valence-corrected chi connectivity index (χ2v) is 8.73. The third kappa shape index (κ3) is 4.83. The van der Waals surface area contributed by atoms with Gasteiger partial charge in [-0.2, -0.15) is 0 Å². The average molecular weight is 486 g/mol. The number of pyridine rings is 1. The minimum Gasteiger partial charge on any atom is -0.496 e. The number of esters is 1. The summed E-state index contributed by atoms with van der Waals surface area (Å²) in [4.78, 5) is 16.8. The fourth-order valence-electron chi connectivity index (χ4n) is 4.49. The van der Waals surface area contributed by atoms with E-state index in [1.165, 1.54) is 14.2 Å². The maximum atomic E-state index is 12.1. The normalized spacial score (nSPS) is 16.6. The van der Waals surface area contributed by atoms with Crippen LogP contribution in [-0.4, -0.2) is 36.9 Å². The van der Waals surface area contributed by atoms with Crippen molar-refractivity contribution in [2.75, 3.05) is 20.8 Å². The van der Waals surface area contributed by atoms with Crippen molar-refractivity contribution in [2.45, 2.75) is 19.1 Å². The quantitative estimate of drug-likeness (QED) is 0.373. The number of aromatic nitrogens is 1. The molecule has 0 radical (unpaired) electrons. The van der Waals surface area contributed by atoms with Gasteiger partial charge in [0, 0.05) is 16.9 Å². The molecule has 5 rings (SSSR count). The van der Waals surface area contributed by atoms with Crippen molar-refractivity contribution >= 4 is 16.9 Å². The van der Waals surface area contributed by atoms with Gasteiger partial charge in [0.15, 0.2) is 0 Å². The summed E-state index contributed by atoms with van der Waals surface area (Å²) >= 11 is 0. The van der Waals surface area contributed by atoms with E-state index in [1.807, 2.05) is 60.7 Å². The predicted octanol–water partition coefficient (Wildman–Crippen LogP) is 4.89. The van der Waals surface area contributed by atoms with Crippen molar-refractivity contribution in [2.24, 2.45) is 5.92 Å². The molecule has 0 unspecified atom stereocenters. The Kier molecular flexibility index (Phi) is 6.73. The van der Waals surface area contributed by atoms with Crippen LogP contribution in [0.15, 0.2) is 72.8 Å². The molecule has 7 heteroatoms. The Labute approximate surface area is 209 Å². The Balaban J connectivity index is 1.30. The van der Waals surface area contributed by atoms with Crippen molar-refractivity contribution in [3.63, 3.8) is 0 Å². The monoisotopic (exact) mass is 485 g/mol. The highest BCUT2D eigenvalue weighted by atomic mass is 16.5. The Bertz CT molecular complexity index is 1400. The van der Waals surface area contributed by atoms with Crippen molar-refractivity contribution in [1.29, 1.82) is 0 Å². The van der Waals surface area contributed by atoms with E-state index in [0.717, 1.165) is 22.2 Å². The maximum Gasteiger partial charge on any atom is 0.341 e. The van der Waals surface area contributed by atoms with Crippen LogP contribution in [0.4, 0.5) is 0 Å². The number of aliphatic hydroxyl groups is 1. The molecule has 2 atom stereocenters. The first-order valence-corrected chi connectivity index (χ1v) is 11.7. The van der Waals surface area contributed by atoms with Gasteiger partial charge in [0.25, 0.3) is 0 Å². The summed E-state index contributed by atoms with van der Waals surface area (Å²) in [6, 6.07) is 22.8. The van der Waals surface area contributed by atoms with Crippen LogP contribution in [-0.2, 0) is 17.8 Å². The number of carbonyl (C=O) groups excluding carboxylic acids is 1. The van der Waals surface area contributed by atoms with Gasteiger partial charge in [-0.05, 0) is 54.4 Å². The second kappa shape index (κ2) is 10.3. The van der Waals surface area contributed by atoms with Crippen LogP contribution in [0.1, 0.15) is 33.3 Å². The zero-order valence-corrected chi connectivity index (χ0v) is 20.1. The van der Waals surface area contributed by atoms with Gasteiger partial charge in [0.05, 0.1) is 38.1 Å². The maximum absolute atomic E-state index is 12.1. The summed E-state index contributed by atoms with van der Waals surface area (Å²) in [5.41, 5.74) is 3.65. The number of ether oxygens (including phenoxy) is 4. The summed E-state index contributed by atoms with van der Waals surface area (Å²) in [6.45, 7) is 0.668. The Morgan fingerprint density at radius 1 is 1.06 bits per heavy atom. The van der Waals surface area contributed by atoms with Crippen LogP contribution in [0.3, 0.4) is 0 Å². The SMILES string of the molecule is COC(=O)c1cc(C[C@H]2COc3ccc(OCc4ccc5ccccc5n4)cc3[C@H]2O)ccc1OC. The van der Waals surface area contributed by atoms with Crippen LogP contribution >= 0.6 is 0 Å². The number of nitrogens with zero attached hydrogens (tertiary/aromatic N) is 1. The van der Waals surface area contributed by atoms with Gasteiger partial charge < -0.3 is 24.1 Å². The summed E-state index contributed by atoms with van der Waals surface area (Å²) in [6.07, 6.45) is -0.236. The third-order valence-corrected chi connectivity index (χ3v) is 6.41. The highest BCUT2D eigenvalue weighted by Crippen LogP contribution is 2.39. The molecule has 4 aromatic rings. The lowest BCUT2D eigenvalue weighted by atomic mass is 9.87. The minimum absolute atomic E-state index is 0.200. The molecule has 36 heavy (non-hydrogen) atoms. The lowest BCUT2D eigenvalue weighted by Crippen LogP contribution is -2.27. The number of hydrogen-bond acceptors (Lipinski definition) is 7. The van der Waals surface area contributed by atoms with Crippen LogP contribution in [0.5, 0.6) is 17.2 Å². The molecule has 184 valence electrons. The van der Waals surface area contributed by atoms with Gasteiger partial charge >= 0.3 is 5.97 Å². The lowest BCUT2D eigenvalue weighted by Gasteiger charge is -2.31. The molecule has 7 nitrogen and oxygen atoms in total. The average Bonchev–Trinajstić information content (AvgIpc) is 2.93. The number of benzene rings is 3. The number of aliphatic hydroxyl groups excluding tert-OH is 1. The van der Waals surface area contributed by atoms with Gasteiger partial charge in [-0.15, -0.1) is 0 Å². The Hall–Kier alpha value is -4.10. The van der Waals surface area contributed by atoms with Crippen molar-refractivity contribution in [3.05, 3.63) is 95.2 Å². The minimum atomic E-state index is -0.750. The van der Waals surface area contributed by atoms with E-state index >= 15 is 0 Å². The number of methoxy groups -OCH3 is 2. The molecule has 1 N–H and O–H groups in total. The number of carbonyl (C=O) groups is 1. The molecule has 0 bridgehead atoms. The van der Waals surface area contributed by atoms with Crippen molar-refractivity contribution < 1.29 is 28.8 Å². The number of para-hydroxylation sites is 1. The van der Waals surface area contributed by atoms with E-state index in [9.17, 15) is 9.90 Å². The first-order valence-electron chi connectivity index (χ1n) is 11.7. The van der Waals surface area contributed by atoms with Gasteiger partial charge in [-0.1, -0.05) is 30.3 Å². The molecule has 0 aliphatic carbocycles. The number of fused-ring (bicyclic) bond motifs is 2. The van der Waals surface area contributed by atoms with Gasteiger partial charge in [-0.3, -0.25) is 0 Å². The zero-order chi connectivity index (χ0) is 25.1. The van der Waals surface area contributed by atoms with Crippen molar-refractivity contribution in [1.82, 2.24) is 4.98 Å². The van der Waals surface area contributed by atoms with Crippen LogP contribution < -0.4 is 14.2 Å². The molecule has 1 aliphatic rings. The van der Waals surface area contributed by atoms with Gasteiger partial charge in [-0.25, -0.2) is 9.78 Å². The third-order valence-electron chi connectivity index (χ3n) is 6.41. The summed E-state index contributed by atoms with van der Waals surface area (Å²) < 4.78 is 22.1. The molecule has 2 heterocycles. The molecule has 1 aromatic heterocycles. The van der Waals surface area contributed by atoms with E-state index in [1.54, 1.807) is 12.1 Å². The molecule has 0 saturated carbocycles. The summed E-state index contributed by atoms with van der Waals surface area (Å²) in [5, 5.41) is 12.3. The van der Waals surface area contributed by atoms with Gasteiger partial charge in [0.1, 0.15) is 29.4 Å². The van der Waals surface area contributed by atoms with E-state index < -0.39 is 12.1 Å². The van der Waals surface area contributed by atoms with Crippen LogP contribution in [0.25, 0.3) is 10.9 Å². The summed E-state index contributed by atoms with van der Waals surface area (Å²) in [5.74, 6) is 1.04. The molecule has 0 fully saturated rings. The lowest BCUT2D eigenvalue weighted by molar-refractivity contribution is 0.0504. The first-order chi connectivity index (χ1) is 17.6. The molecule has 0 amide bonds. The fourth-order valence-corrected chi connectivity index (χ4v) is 4.49. The fraction of sp³-hybridized carbons (Fsp3) is 0.241. The highest BCUT2D eigenvalue weighted by Gasteiger charge is 2.30. The molecule has 1 aliphatic heterocycles. The van der Waals surface area contributed by atoms with Gasteiger partial charge in [0.2, 0.25) is 0 Å². The predicted molar refractivity (Wildman–Crippen MR) is 134 cm³/mol. The van der Waals surface area contributed by atoms with Crippen molar-refractivity contribution in [3.8, 4) is 17.2 Å². The molecule has 0 saturated heterocycles. The van der Waals surface area contributed by atoms with E-state index in [0.29, 0.717) is 48.0 Å². The Morgan fingerprint density at radius 3 is 2.75 bits per heavy atom. The van der Waals surface area contributed by atoms with Crippen LogP contribution in [0.2, 0.25) is 0 Å². The molecular formula is C29H27NO6. The van der Waals surface area contributed by atoms with E-state index in [4.69, 9.17) is 18.9 Å². The smallest absolute Gasteiger partial charge is 0.341 e.